The number of pyridine rings is 1. The van der Waals surface area contributed by atoms with E-state index < -0.39 is 21.2 Å². The third-order valence-electron chi connectivity index (χ3n) is 1.39. The fourth-order valence-electron chi connectivity index (χ4n) is 0.787. The minimum Gasteiger partial charge on any atom is -0.237 e. The van der Waals surface area contributed by atoms with Crippen LogP contribution in [-0.2, 0) is 9.05 Å². The van der Waals surface area contributed by atoms with E-state index in [1.165, 1.54) is 0 Å². The summed E-state index contributed by atoms with van der Waals surface area (Å²) in [7, 11) is 1.05. The zero-order valence-corrected chi connectivity index (χ0v) is 11.5. The number of halogens is 5. The first kappa shape index (κ1) is 13.3. The molecule has 0 amide bonds. The van der Waals surface area contributed by atoms with E-state index in [0.717, 1.165) is 6.07 Å². The average Bonchev–Trinajstić information content (AvgIpc) is 2.06. The molecule has 3 nitrogen and oxygen atoms in total. The molecular formula is C6H2Br2ClF2NO2S. The van der Waals surface area contributed by atoms with Crippen molar-refractivity contribution in [2.75, 3.05) is 0 Å². The number of hydrogen-bond acceptors (Lipinski definition) is 3. The van der Waals surface area contributed by atoms with Crippen molar-refractivity contribution >= 4 is 51.6 Å². The van der Waals surface area contributed by atoms with E-state index in [1.54, 1.807) is 0 Å². The minimum absolute atomic E-state index is 0.111. The van der Waals surface area contributed by atoms with E-state index >= 15 is 0 Å². The van der Waals surface area contributed by atoms with Crippen LogP contribution in [0.5, 0.6) is 0 Å². The van der Waals surface area contributed by atoms with Crippen molar-refractivity contribution < 1.29 is 17.2 Å². The maximum absolute atomic E-state index is 12.3. The molecule has 0 atom stereocenters. The van der Waals surface area contributed by atoms with E-state index in [0.29, 0.717) is 0 Å². The van der Waals surface area contributed by atoms with Gasteiger partial charge in [-0.1, -0.05) is 0 Å². The maximum Gasteiger partial charge on any atom is 0.281 e. The Hall–Kier alpha value is 0.210. The standard InChI is InChI=1S/C6H2Br2ClF2NO2S/c7-2-1-3(15(9,13)14)5(8)12-4(2)6(10)11/h1,6H. The summed E-state index contributed by atoms with van der Waals surface area (Å²) >= 11 is 5.54. The van der Waals surface area contributed by atoms with Crippen LogP contribution in [-0.4, -0.2) is 13.4 Å². The zero-order chi connectivity index (χ0) is 11.8. The molecule has 1 aromatic rings. The highest BCUT2D eigenvalue weighted by Gasteiger charge is 2.22. The molecule has 1 aromatic heterocycles. The summed E-state index contributed by atoms with van der Waals surface area (Å²) in [4.78, 5) is 3.03. The Labute approximate surface area is 106 Å². The molecule has 0 spiro atoms. The fourth-order valence-corrected chi connectivity index (χ4v) is 3.51. The van der Waals surface area contributed by atoms with Gasteiger partial charge in [-0.3, -0.25) is 0 Å². The van der Waals surface area contributed by atoms with Crippen LogP contribution in [0.4, 0.5) is 8.78 Å². The van der Waals surface area contributed by atoms with Crippen molar-refractivity contribution in [1.29, 1.82) is 0 Å². The molecule has 0 bridgehead atoms. The van der Waals surface area contributed by atoms with Gasteiger partial charge in [0.15, 0.2) is 0 Å². The summed E-state index contributed by atoms with van der Waals surface area (Å²) in [6, 6.07) is 0.973. The Balaban J connectivity index is 3.46. The van der Waals surface area contributed by atoms with Crippen LogP contribution in [0, 0.1) is 0 Å². The summed E-state index contributed by atoms with van der Waals surface area (Å²) in [5.74, 6) is 0. The maximum atomic E-state index is 12.3. The first-order chi connectivity index (χ1) is 6.73. The van der Waals surface area contributed by atoms with Gasteiger partial charge in [0, 0.05) is 15.2 Å². The Bertz CT molecular complexity index is 494. The Kier molecular flexibility index (Phi) is 4.07. The van der Waals surface area contributed by atoms with Crippen LogP contribution in [0.2, 0.25) is 0 Å². The van der Waals surface area contributed by atoms with E-state index in [2.05, 4.69) is 36.8 Å². The van der Waals surface area contributed by atoms with Gasteiger partial charge in [0.2, 0.25) is 0 Å². The summed E-state index contributed by atoms with van der Waals surface area (Å²) in [6.45, 7) is 0. The topological polar surface area (TPSA) is 47.0 Å². The van der Waals surface area contributed by atoms with Crippen molar-refractivity contribution in [3.8, 4) is 0 Å². The molecule has 0 aromatic carbocycles. The predicted molar refractivity (Wildman–Crippen MR) is 57.6 cm³/mol. The number of hydrogen-bond donors (Lipinski definition) is 0. The molecule has 15 heavy (non-hydrogen) atoms. The van der Waals surface area contributed by atoms with Crippen LogP contribution in [0.25, 0.3) is 0 Å². The fraction of sp³-hybridized carbons (Fsp3) is 0.167. The van der Waals surface area contributed by atoms with Gasteiger partial charge >= 0.3 is 0 Å². The van der Waals surface area contributed by atoms with Crippen LogP contribution in [0.15, 0.2) is 20.0 Å². The molecule has 0 radical (unpaired) electrons. The molecule has 0 unspecified atom stereocenters. The highest BCUT2D eigenvalue weighted by molar-refractivity contribution is 9.11. The molecule has 9 heteroatoms. The van der Waals surface area contributed by atoms with Crippen LogP contribution >= 0.6 is 42.5 Å². The molecule has 1 rings (SSSR count). The Morgan fingerprint density at radius 3 is 2.33 bits per heavy atom. The number of aromatic nitrogens is 1. The van der Waals surface area contributed by atoms with Gasteiger partial charge in [-0.15, -0.1) is 0 Å². The van der Waals surface area contributed by atoms with Crippen molar-refractivity contribution in [3.63, 3.8) is 0 Å². The normalized spacial score (nSPS) is 12.1. The molecule has 0 fully saturated rings. The molecular weight excluding hydrogens is 383 g/mol. The lowest BCUT2D eigenvalue weighted by Gasteiger charge is -2.05. The van der Waals surface area contributed by atoms with Crippen LogP contribution in [0.3, 0.4) is 0 Å². The third-order valence-corrected chi connectivity index (χ3v) is 4.23. The lowest BCUT2D eigenvalue weighted by molar-refractivity contribution is 0.145. The van der Waals surface area contributed by atoms with E-state index in [9.17, 15) is 17.2 Å². The molecule has 0 aliphatic rings. The highest BCUT2D eigenvalue weighted by Crippen LogP contribution is 2.32. The molecule has 0 saturated carbocycles. The summed E-state index contributed by atoms with van der Waals surface area (Å²) < 4.78 is 46.3. The van der Waals surface area contributed by atoms with E-state index in [-0.39, 0.29) is 14.0 Å². The van der Waals surface area contributed by atoms with E-state index in [4.69, 9.17) is 10.7 Å². The van der Waals surface area contributed by atoms with Gasteiger partial charge in [-0.2, -0.15) is 0 Å². The first-order valence-electron chi connectivity index (χ1n) is 3.32. The molecule has 84 valence electrons. The quantitative estimate of drug-likeness (QED) is 0.579. The number of nitrogens with zero attached hydrogens (tertiary/aromatic N) is 1. The van der Waals surface area contributed by atoms with Gasteiger partial charge in [0.25, 0.3) is 15.5 Å². The highest BCUT2D eigenvalue weighted by atomic mass is 79.9. The third kappa shape index (κ3) is 3.08. The SMILES string of the molecule is O=S(=O)(Cl)c1cc(Br)c(C(F)F)nc1Br. The lowest BCUT2D eigenvalue weighted by atomic mass is 10.4. The molecule has 0 aliphatic heterocycles. The Morgan fingerprint density at radius 1 is 1.40 bits per heavy atom. The first-order valence-corrected chi connectivity index (χ1v) is 7.21. The number of alkyl halides is 2. The minimum atomic E-state index is -4.01. The van der Waals surface area contributed by atoms with Crippen molar-refractivity contribution in [2.45, 2.75) is 11.3 Å². The largest absolute Gasteiger partial charge is 0.281 e. The number of rotatable bonds is 2. The van der Waals surface area contributed by atoms with Gasteiger partial charge in [-0.25, -0.2) is 22.2 Å². The Morgan fingerprint density at radius 2 is 1.93 bits per heavy atom. The van der Waals surface area contributed by atoms with Crippen molar-refractivity contribution in [2.24, 2.45) is 0 Å². The average molecular weight is 385 g/mol. The van der Waals surface area contributed by atoms with Crippen LogP contribution < -0.4 is 0 Å². The summed E-state index contributed by atoms with van der Waals surface area (Å²) in [5.41, 5.74) is -0.550. The monoisotopic (exact) mass is 383 g/mol. The van der Waals surface area contributed by atoms with Gasteiger partial charge in [0.05, 0.1) is 0 Å². The smallest absolute Gasteiger partial charge is 0.237 e. The lowest BCUT2D eigenvalue weighted by Crippen LogP contribution is -1.99. The zero-order valence-electron chi connectivity index (χ0n) is 6.72. The second-order valence-electron chi connectivity index (χ2n) is 2.38. The van der Waals surface area contributed by atoms with Crippen molar-refractivity contribution in [1.82, 2.24) is 4.98 Å². The molecule has 0 aliphatic carbocycles. The predicted octanol–water partition coefficient (Wildman–Crippen LogP) is 3.47. The van der Waals surface area contributed by atoms with E-state index in [1.807, 2.05) is 0 Å². The molecule has 1 heterocycles. The molecule has 0 N–H and O–H groups in total. The van der Waals surface area contributed by atoms with Crippen LogP contribution in [0.1, 0.15) is 12.1 Å². The van der Waals surface area contributed by atoms with Crippen molar-refractivity contribution in [3.05, 3.63) is 20.8 Å². The van der Waals surface area contributed by atoms with Gasteiger partial charge in [-0.05, 0) is 37.9 Å². The molecule has 0 saturated heterocycles. The second-order valence-corrected chi connectivity index (χ2v) is 6.52. The second kappa shape index (κ2) is 4.60. The van der Waals surface area contributed by atoms with Gasteiger partial charge < -0.3 is 0 Å². The summed E-state index contributed by atoms with van der Waals surface area (Å²) in [5, 5.41) is 0. The van der Waals surface area contributed by atoms with Gasteiger partial charge in [0.1, 0.15) is 15.2 Å². The summed E-state index contributed by atoms with van der Waals surface area (Å²) in [6.07, 6.45) is -2.80.